The van der Waals surface area contributed by atoms with Crippen molar-refractivity contribution in [1.29, 1.82) is 0 Å². The number of rotatable bonds is 3. The second-order valence-corrected chi connectivity index (χ2v) is 5.87. The molecule has 0 radical (unpaired) electrons. The van der Waals surface area contributed by atoms with Crippen LogP contribution in [0.2, 0.25) is 0 Å². The number of hydrogen-bond donors (Lipinski definition) is 3. The van der Waals surface area contributed by atoms with Crippen LogP contribution in [-0.4, -0.2) is 34.9 Å². The Hall–Kier alpha value is -1.47. The Morgan fingerprint density at radius 1 is 1.10 bits per heavy atom. The second kappa shape index (κ2) is 5.73. The van der Waals surface area contributed by atoms with E-state index in [0.29, 0.717) is 12.8 Å². The molecule has 0 aromatic heterocycles. The van der Waals surface area contributed by atoms with Crippen molar-refractivity contribution in [2.24, 2.45) is 5.92 Å². The van der Waals surface area contributed by atoms with Gasteiger partial charge in [-0.2, -0.15) is 13.2 Å². The number of aliphatic carboxylic acids is 1. The Labute approximate surface area is 120 Å². The van der Waals surface area contributed by atoms with E-state index >= 15 is 0 Å². The molecule has 2 atom stereocenters. The molecule has 0 aliphatic heterocycles. The zero-order valence-electron chi connectivity index (χ0n) is 11.5. The third-order valence-electron chi connectivity index (χ3n) is 4.30. The standard InChI is InChI=1S/C13H19F3N2O3/c14-13(15,16)12(6-7-12)18-11(21)17-9-5-3-1-2-4-8(9)10(19)20/h8-9H,1-7H2,(H,19,20)(H2,17,18,21). The molecule has 0 bridgehead atoms. The van der Waals surface area contributed by atoms with E-state index in [2.05, 4.69) is 5.32 Å². The summed E-state index contributed by atoms with van der Waals surface area (Å²) >= 11 is 0. The van der Waals surface area contributed by atoms with Crippen molar-refractivity contribution < 1.29 is 27.9 Å². The van der Waals surface area contributed by atoms with E-state index in [1.165, 1.54) is 0 Å². The van der Waals surface area contributed by atoms with Crippen LogP contribution in [0.3, 0.4) is 0 Å². The van der Waals surface area contributed by atoms with E-state index in [-0.39, 0.29) is 12.8 Å². The van der Waals surface area contributed by atoms with Gasteiger partial charge in [0.05, 0.1) is 5.92 Å². The van der Waals surface area contributed by atoms with E-state index in [1.807, 2.05) is 5.32 Å². The maximum absolute atomic E-state index is 12.8. The molecule has 0 heterocycles. The molecule has 0 aromatic carbocycles. The minimum Gasteiger partial charge on any atom is -0.481 e. The molecule has 2 unspecified atom stereocenters. The van der Waals surface area contributed by atoms with Crippen LogP contribution in [0, 0.1) is 5.92 Å². The van der Waals surface area contributed by atoms with Crippen molar-refractivity contribution in [2.75, 3.05) is 0 Å². The third-order valence-corrected chi connectivity index (χ3v) is 4.30. The fraction of sp³-hybridized carbons (Fsp3) is 0.846. The van der Waals surface area contributed by atoms with Gasteiger partial charge in [-0.3, -0.25) is 4.79 Å². The monoisotopic (exact) mass is 308 g/mol. The number of nitrogens with one attached hydrogen (secondary N) is 2. The van der Waals surface area contributed by atoms with E-state index in [1.54, 1.807) is 0 Å². The number of urea groups is 1. The normalized spacial score (nSPS) is 28.3. The van der Waals surface area contributed by atoms with Crippen molar-refractivity contribution in [1.82, 2.24) is 10.6 Å². The van der Waals surface area contributed by atoms with Crippen LogP contribution in [0.15, 0.2) is 0 Å². The van der Waals surface area contributed by atoms with Gasteiger partial charge >= 0.3 is 18.2 Å². The molecule has 2 aliphatic rings. The summed E-state index contributed by atoms with van der Waals surface area (Å²) in [6, 6.07) is -1.54. The van der Waals surface area contributed by atoms with Gasteiger partial charge in [0.25, 0.3) is 0 Å². The van der Waals surface area contributed by atoms with E-state index in [9.17, 15) is 22.8 Å². The minimum atomic E-state index is -4.47. The van der Waals surface area contributed by atoms with Crippen molar-refractivity contribution in [3.05, 3.63) is 0 Å². The maximum Gasteiger partial charge on any atom is 0.411 e. The average molecular weight is 308 g/mol. The lowest BCUT2D eigenvalue weighted by molar-refractivity contribution is -0.162. The number of hydrogen-bond acceptors (Lipinski definition) is 2. The van der Waals surface area contributed by atoms with Gasteiger partial charge < -0.3 is 15.7 Å². The van der Waals surface area contributed by atoms with Gasteiger partial charge in [0.15, 0.2) is 0 Å². The predicted molar refractivity (Wildman–Crippen MR) is 67.7 cm³/mol. The first-order chi connectivity index (χ1) is 9.75. The van der Waals surface area contributed by atoms with Gasteiger partial charge in [0.1, 0.15) is 5.54 Å². The molecule has 120 valence electrons. The first-order valence-corrected chi connectivity index (χ1v) is 7.13. The number of halogens is 3. The molecular weight excluding hydrogens is 289 g/mol. The highest BCUT2D eigenvalue weighted by atomic mass is 19.4. The summed E-state index contributed by atoms with van der Waals surface area (Å²) in [7, 11) is 0. The molecule has 5 nitrogen and oxygen atoms in total. The smallest absolute Gasteiger partial charge is 0.411 e. The third kappa shape index (κ3) is 3.59. The zero-order chi connectivity index (χ0) is 15.7. The van der Waals surface area contributed by atoms with Gasteiger partial charge in [-0.05, 0) is 25.7 Å². The largest absolute Gasteiger partial charge is 0.481 e. The molecule has 3 N–H and O–H groups in total. The Morgan fingerprint density at radius 2 is 1.71 bits per heavy atom. The number of alkyl halides is 3. The van der Waals surface area contributed by atoms with E-state index in [0.717, 1.165) is 19.3 Å². The molecule has 0 spiro atoms. The van der Waals surface area contributed by atoms with Crippen LogP contribution in [-0.2, 0) is 4.79 Å². The minimum absolute atomic E-state index is 0.128. The summed E-state index contributed by atoms with van der Waals surface area (Å²) in [6.45, 7) is 0. The lowest BCUT2D eigenvalue weighted by atomic mass is 9.95. The molecule has 0 aromatic rings. The summed E-state index contributed by atoms with van der Waals surface area (Å²) in [6.07, 6.45) is -1.43. The number of amides is 2. The van der Waals surface area contributed by atoms with Gasteiger partial charge in [0.2, 0.25) is 0 Å². The lowest BCUT2D eigenvalue weighted by Gasteiger charge is -2.26. The van der Waals surface area contributed by atoms with Crippen LogP contribution in [0.1, 0.15) is 44.9 Å². The summed E-state index contributed by atoms with van der Waals surface area (Å²) in [5.74, 6) is -1.75. The summed E-state index contributed by atoms with van der Waals surface area (Å²) in [4.78, 5) is 23.0. The summed E-state index contributed by atoms with van der Waals surface area (Å²) in [5, 5.41) is 13.6. The Bertz CT molecular complexity index is 421. The lowest BCUT2D eigenvalue weighted by Crippen LogP contribution is -2.55. The van der Waals surface area contributed by atoms with Crippen molar-refractivity contribution in [3.8, 4) is 0 Å². The van der Waals surface area contributed by atoms with Gasteiger partial charge in [-0.25, -0.2) is 4.79 Å². The highest BCUT2D eigenvalue weighted by Crippen LogP contribution is 2.48. The Balaban J connectivity index is 1.96. The summed E-state index contributed by atoms with van der Waals surface area (Å²) in [5.41, 5.74) is -2.12. The van der Waals surface area contributed by atoms with E-state index in [4.69, 9.17) is 5.11 Å². The van der Waals surface area contributed by atoms with E-state index < -0.39 is 35.7 Å². The molecule has 0 saturated heterocycles. The van der Waals surface area contributed by atoms with Crippen LogP contribution in [0.25, 0.3) is 0 Å². The summed E-state index contributed by atoms with van der Waals surface area (Å²) < 4.78 is 38.3. The quantitative estimate of drug-likeness (QED) is 0.701. The average Bonchev–Trinajstić information content (AvgIpc) is 3.13. The topological polar surface area (TPSA) is 78.4 Å². The Morgan fingerprint density at radius 3 is 2.24 bits per heavy atom. The number of carbonyl (C=O) groups is 2. The van der Waals surface area contributed by atoms with Crippen LogP contribution >= 0.6 is 0 Å². The van der Waals surface area contributed by atoms with Crippen LogP contribution in [0.4, 0.5) is 18.0 Å². The number of carboxylic acid groups (broad SMARTS) is 1. The zero-order valence-corrected chi connectivity index (χ0v) is 11.5. The second-order valence-electron chi connectivity index (χ2n) is 5.87. The first kappa shape index (κ1) is 15.9. The molecule has 2 amide bonds. The first-order valence-electron chi connectivity index (χ1n) is 7.13. The molecule has 2 rings (SSSR count). The number of carboxylic acids is 1. The van der Waals surface area contributed by atoms with Crippen LogP contribution < -0.4 is 10.6 Å². The molecule has 2 aliphatic carbocycles. The van der Waals surface area contributed by atoms with Crippen molar-refractivity contribution >= 4 is 12.0 Å². The molecule has 21 heavy (non-hydrogen) atoms. The van der Waals surface area contributed by atoms with Crippen LogP contribution in [0.5, 0.6) is 0 Å². The molecular formula is C13H19F3N2O3. The van der Waals surface area contributed by atoms with Gasteiger partial charge in [-0.15, -0.1) is 0 Å². The molecule has 8 heteroatoms. The van der Waals surface area contributed by atoms with Crippen molar-refractivity contribution in [2.45, 2.75) is 62.7 Å². The van der Waals surface area contributed by atoms with Gasteiger partial charge in [0, 0.05) is 6.04 Å². The molecule has 2 fully saturated rings. The molecule has 2 saturated carbocycles. The highest BCUT2D eigenvalue weighted by molar-refractivity contribution is 5.78. The fourth-order valence-electron chi connectivity index (χ4n) is 2.80. The maximum atomic E-state index is 12.8. The van der Waals surface area contributed by atoms with Gasteiger partial charge in [-0.1, -0.05) is 19.3 Å². The highest BCUT2D eigenvalue weighted by Gasteiger charge is 2.64. The number of carbonyl (C=O) groups excluding carboxylic acids is 1. The van der Waals surface area contributed by atoms with Crippen molar-refractivity contribution in [3.63, 3.8) is 0 Å². The predicted octanol–water partition coefficient (Wildman–Crippen LogP) is 2.41. The SMILES string of the molecule is O=C(NC1CCCCCC1C(=O)O)NC1(C(F)(F)F)CC1. The Kier molecular flexibility index (Phi) is 4.34. The fourth-order valence-corrected chi connectivity index (χ4v) is 2.80.